The number of likely N-dealkylation sites (N-methyl/N-ethyl adjacent to an activating group) is 1. The van der Waals surface area contributed by atoms with Crippen LogP contribution in [0.3, 0.4) is 0 Å². The number of nitrogens with zero attached hydrogens (tertiary/aromatic N) is 2. The summed E-state index contributed by atoms with van der Waals surface area (Å²) in [5.74, 6) is 0.390. The molecular formula is C27H26N2O4. The first-order chi connectivity index (χ1) is 16.1. The first-order valence-electron chi connectivity index (χ1n) is 10.8. The van der Waals surface area contributed by atoms with Crippen molar-refractivity contribution in [2.45, 2.75) is 13.5 Å². The number of imide groups is 1. The van der Waals surface area contributed by atoms with E-state index in [1.807, 2.05) is 42.2 Å². The fourth-order valence-corrected chi connectivity index (χ4v) is 4.02. The average Bonchev–Trinajstić information content (AvgIpc) is 3.12. The summed E-state index contributed by atoms with van der Waals surface area (Å²) in [4.78, 5) is 30.7. The Hall–Kier alpha value is -4.06. The summed E-state index contributed by atoms with van der Waals surface area (Å²) in [6.45, 7) is 3.04. The molecule has 0 atom stereocenters. The Balaban J connectivity index is 1.85. The number of ether oxygens (including phenoxy) is 2. The van der Waals surface area contributed by atoms with Crippen LogP contribution >= 0.6 is 0 Å². The van der Waals surface area contributed by atoms with E-state index >= 15 is 0 Å². The van der Waals surface area contributed by atoms with Crippen LogP contribution in [0, 0.1) is 0 Å². The molecular weight excluding hydrogens is 416 g/mol. The third kappa shape index (κ3) is 4.20. The maximum absolute atomic E-state index is 13.8. The van der Waals surface area contributed by atoms with Crippen LogP contribution in [0.25, 0.3) is 5.57 Å². The Kier molecular flexibility index (Phi) is 6.45. The molecule has 6 nitrogen and oxygen atoms in total. The maximum Gasteiger partial charge on any atom is 0.282 e. The molecule has 1 aliphatic rings. The second kappa shape index (κ2) is 9.61. The fourth-order valence-electron chi connectivity index (χ4n) is 4.02. The van der Waals surface area contributed by atoms with Crippen molar-refractivity contribution in [2.24, 2.45) is 0 Å². The van der Waals surface area contributed by atoms with Crippen molar-refractivity contribution in [3.63, 3.8) is 0 Å². The van der Waals surface area contributed by atoms with Crippen molar-refractivity contribution in [3.8, 4) is 11.5 Å². The van der Waals surface area contributed by atoms with Gasteiger partial charge in [0.05, 0.1) is 25.5 Å². The molecule has 3 aromatic rings. The third-order valence-corrected chi connectivity index (χ3v) is 5.68. The predicted molar refractivity (Wildman–Crippen MR) is 128 cm³/mol. The number of carbonyl (C=O) groups is 2. The number of amides is 2. The van der Waals surface area contributed by atoms with Crippen molar-refractivity contribution >= 4 is 23.1 Å². The zero-order valence-electron chi connectivity index (χ0n) is 18.9. The Morgan fingerprint density at radius 3 is 2.09 bits per heavy atom. The summed E-state index contributed by atoms with van der Waals surface area (Å²) in [7, 11) is 3.11. The molecule has 1 aliphatic heterocycles. The molecule has 1 heterocycles. The van der Waals surface area contributed by atoms with E-state index in [9.17, 15) is 9.59 Å². The Labute approximate surface area is 193 Å². The van der Waals surface area contributed by atoms with E-state index in [1.165, 1.54) is 12.0 Å². The van der Waals surface area contributed by atoms with Gasteiger partial charge < -0.3 is 14.4 Å². The quantitative estimate of drug-likeness (QED) is 0.481. The topological polar surface area (TPSA) is 59.1 Å². The molecule has 0 unspecified atom stereocenters. The SMILES string of the molecule is CCN(Cc1ccccc1)C1=C(c2ccc(OC)cc2)C(=O)N(c2ccccc2OC)C1=O. The van der Waals surface area contributed by atoms with Gasteiger partial charge >= 0.3 is 0 Å². The van der Waals surface area contributed by atoms with E-state index in [0.29, 0.717) is 47.1 Å². The van der Waals surface area contributed by atoms with Crippen molar-refractivity contribution in [1.29, 1.82) is 0 Å². The zero-order valence-corrected chi connectivity index (χ0v) is 18.9. The molecule has 0 aromatic heterocycles. The zero-order chi connectivity index (χ0) is 23.4. The van der Waals surface area contributed by atoms with Crippen LogP contribution in [0.1, 0.15) is 18.1 Å². The number of para-hydroxylation sites is 2. The summed E-state index contributed by atoms with van der Waals surface area (Å²) in [6, 6.07) is 24.1. The first kappa shape index (κ1) is 22.1. The smallest absolute Gasteiger partial charge is 0.282 e. The van der Waals surface area contributed by atoms with Crippen LogP contribution in [0.15, 0.2) is 84.6 Å². The highest BCUT2D eigenvalue weighted by atomic mass is 16.5. The van der Waals surface area contributed by atoms with Crippen molar-refractivity contribution < 1.29 is 19.1 Å². The molecule has 0 radical (unpaired) electrons. The van der Waals surface area contributed by atoms with Crippen LogP contribution in [0.5, 0.6) is 11.5 Å². The van der Waals surface area contributed by atoms with Gasteiger partial charge in [-0.15, -0.1) is 0 Å². The van der Waals surface area contributed by atoms with Crippen LogP contribution in [0.4, 0.5) is 5.69 Å². The molecule has 0 bridgehead atoms. The maximum atomic E-state index is 13.8. The normalized spacial score (nSPS) is 13.5. The predicted octanol–water partition coefficient (Wildman–Crippen LogP) is 4.51. The molecule has 0 saturated heterocycles. The van der Waals surface area contributed by atoms with Gasteiger partial charge in [0.2, 0.25) is 0 Å². The van der Waals surface area contributed by atoms with Crippen LogP contribution in [-0.4, -0.2) is 37.5 Å². The summed E-state index contributed by atoms with van der Waals surface area (Å²) in [6.07, 6.45) is 0. The number of hydrogen-bond acceptors (Lipinski definition) is 5. The molecule has 6 heteroatoms. The summed E-state index contributed by atoms with van der Waals surface area (Å²) in [5, 5.41) is 0. The van der Waals surface area contributed by atoms with E-state index in [-0.39, 0.29) is 11.8 Å². The van der Waals surface area contributed by atoms with E-state index in [2.05, 4.69) is 0 Å². The number of carbonyl (C=O) groups excluding carboxylic acids is 2. The molecule has 2 amide bonds. The molecule has 0 saturated carbocycles. The van der Waals surface area contributed by atoms with E-state index in [0.717, 1.165) is 5.56 Å². The van der Waals surface area contributed by atoms with Crippen molar-refractivity contribution in [1.82, 2.24) is 4.90 Å². The van der Waals surface area contributed by atoms with Gasteiger partial charge in [-0.05, 0) is 42.3 Å². The lowest BCUT2D eigenvalue weighted by Gasteiger charge is -2.25. The van der Waals surface area contributed by atoms with E-state index in [1.54, 1.807) is 55.6 Å². The highest BCUT2D eigenvalue weighted by Gasteiger charge is 2.43. The minimum Gasteiger partial charge on any atom is -0.497 e. The lowest BCUT2D eigenvalue weighted by molar-refractivity contribution is -0.120. The molecule has 3 aromatic carbocycles. The van der Waals surface area contributed by atoms with Gasteiger partial charge in [0.15, 0.2) is 0 Å². The number of hydrogen-bond donors (Lipinski definition) is 0. The number of anilines is 1. The fraction of sp³-hybridized carbons (Fsp3) is 0.185. The minimum absolute atomic E-state index is 0.367. The van der Waals surface area contributed by atoms with Crippen molar-refractivity contribution in [2.75, 3.05) is 25.7 Å². The standard InChI is InChI=1S/C27H26N2O4/c1-4-28(18-19-10-6-5-7-11-19)25-24(20-14-16-21(32-2)17-15-20)26(30)29(27(25)31)22-12-8-9-13-23(22)33-3/h5-17H,4,18H2,1-3H3. The molecule has 0 N–H and O–H groups in total. The number of rotatable bonds is 8. The Bertz CT molecular complexity index is 1190. The average molecular weight is 443 g/mol. The largest absolute Gasteiger partial charge is 0.497 e. The highest BCUT2D eigenvalue weighted by molar-refractivity contribution is 6.45. The second-order valence-electron chi connectivity index (χ2n) is 7.57. The summed E-state index contributed by atoms with van der Waals surface area (Å²) >= 11 is 0. The van der Waals surface area contributed by atoms with Gasteiger partial charge in [-0.3, -0.25) is 9.59 Å². The lowest BCUT2D eigenvalue weighted by atomic mass is 10.0. The summed E-state index contributed by atoms with van der Waals surface area (Å²) < 4.78 is 10.7. The molecule has 168 valence electrons. The first-order valence-corrected chi connectivity index (χ1v) is 10.8. The number of benzene rings is 3. The third-order valence-electron chi connectivity index (χ3n) is 5.68. The molecule has 0 spiro atoms. The molecule has 0 aliphatic carbocycles. The van der Waals surface area contributed by atoms with Crippen LogP contribution < -0.4 is 14.4 Å². The minimum atomic E-state index is -0.379. The van der Waals surface area contributed by atoms with Gasteiger partial charge in [-0.1, -0.05) is 54.6 Å². The Morgan fingerprint density at radius 2 is 1.45 bits per heavy atom. The number of methoxy groups -OCH3 is 2. The van der Waals surface area contributed by atoms with Gasteiger partial charge in [0.25, 0.3) is 11.8 Å². The lowest BCUT2D eigenvalue weighted by Crippen LogP contribution is -2.35. The molecule has 0 fully saturated rings. The monoisotopic (exact) mass is 442 g/mol. The summed E-state index contributed by atoms with van der Waals surface area (Å²) in [5.41, 5.74) is 2.88. The van der Waals surface area contributed by atoms with Crippen molar-refractivity contribution in [3.05, 3.63) is 95.7 Å². The molecule has 4 rings (SSSR count). The Morgan fingerprint density at radius 1 is 0.788 bits per heavy atom. The van der Waals surface area contributed by atoms with E-state index in [4.69, 9.17) is 9.47 Å². The second-order valence-corrected chi connectivity index (χ2v) is 7.57. The van der Waals surface area contributed by atoms with E-state index < -0.39 is 0 Å². The van der Waals surface area contributed by atoms with Crippen LogP contribution in [0.2, 0.25) is 0 Å². The molecule has 33 heavy (non-hydrogen) atoms. The van der Waals surface area contributed by atoms with Crippen LogP contribution in [-0.2, 0) is 16.1 Å². The highest BCUT2D eigenvalue weighted by Crippen LogP contribution is 2.39. The van der Waals surface area contributed by atoms with Gasteiger partial charge in [-0.25, -0.2) is 4.90 Å². The van der Waals surface area contributed by atoms with Gasteiger partial charge in [0, 0.05) is 13.1 Å². The van der Waals surface area contributed by atoms with Gasteiger partial charge in [0.1, 0.15) is 17.2 Å². The van der Waals surface area contributed by atoms with Gasteiger partial charge in [-0.2, -0.15) is 0 Å².